The average molecular weight is 312 g/mol. The van der Waals surface area contributed by atoms with E-state index in [1.807, 2.05) is 12.1 Å². The maximum absolute atomic E-state index is 12.1. The van der Waals surface area contributed by atoms with Crippen molar-refractivity contribution in [3.05, 3.63) is 24.3 Å². The first-order chi connectivity index (χ1) is 9.79. The summed E-state index contributed by atoms with van der Waals surface area (Å²) in [5, 5.41) is 3.27. The van der Waals surface area contributed by atoms with Crippen LogP contribution in [0.1, 0.15) is 34.6 Å². The molecule has 21 heavy (non-hydrogen) atoms. The lowest BCUT2D eigenvalue weighted by Crippen LogP contribution is -2.40. The number of hydrogen-bond acceptors (Lipinski definition) is 4. The Morgan fingerprint density at radius 1 is 1.10 bits per heavy atom. The van der Waals surface area contributed by atoms with Crippen molar-refractivity contribution in [2.75, 3.05) is 24.2 Å². The first kappa shape index (κ1) is 18.0. The van der Waals surface area contributed by atoms with Crippen LogP contribution in [0.15, 0.2) is 29.2 Å². The molecular weight excluding hydrogens is 284 g/mol. The first-order valence-electron chi connectivity index (χ1n) is 7.61. The SMILES string of the molecule is CCS(=O)(=O)c1ccccc1NCCN(C(C)C)C(C)C. The summed E-state index contributed by atoms with van der Waals surface area (Å²) < 4.78 is 24.2. The van der Waals surface area contributed by atoms with Crippen molar-refractivity contribution in [1.82, 2.24) is 4.90 Å². The number of nitrogens with zero attached hydrogens (tertiary/aromatic N) is 1. The van der Waals surface area contributed by atoms with E-state index in [9.17, 15) is 8.42 Å². The van der Waals surface area contributed by atoms with Gasteiger partial charge in [0.25, 0.3) is 0 Å². The van der Waals surface area contributed by atoms with Gasteiger partial charge in [0.2, 0.25) is 0 Å². The molecule has 0 aromatic heterocycles. The highest BCUT2D eigenvalue weighted by Gasteiger charge is 2.17. The van der Waals surface area contributed by atoms with Gasteiger partial charge in [-0.15, -0.1) is 0 Å². The van der Waals surface area contributed by atoms with Crippen molar-refractivity contribution < 1.29 is 8.42 Å². The topological polar surface area (TPSA) is 49.4 Å². The Morgan fingerprint density at radius 2 is 1.67 bits per heavy atom. The summed E-state index contributed by atoms with van der Waals surface area (Å²) >= 11 is 0. The third-order valence-electron chi connectivity index (χ3n) is 3.61. The van der Waals surface area contributed by atoms with E-state index in [1.165, 1.54) is 0 Å². The van der Waals surface area contributed by atoms with Crippen LogP contribution in [0.4, 0.5) is 5.69 Å². The lowest BCUT2D eigenvalue weighted by atomic mass is 10.2. The lowest BCUT2D eigenvalue weighted by Gasteiger charge is -2.30. The normalized spacial score (nSPS) is 12.4. The van der Waals surface area contributed by atoms with Gasteiger partial charge in [-0.05, 0) is 39.8 Å². The summed E-state index contributed by atoms with van der Waals surface area (Å²) in [6.07, 6.45) is 0. The number of para-hydroxylation sites is 1. The summed E-state index contributed by atoms with van der Waals surface area (Å²) in [7, 11) is -3.19. The minimum Gasteiger partial charge on any atom is -0.383 e. The van der Waals surface area contributed by atoms with Gasteiger partial charge in [-0.1, -0.05) is 19.1 Å². The van der Waals surface area contributed by atoms with Gasteiger partial charge in [-0.2, -0.15) is 0 Å². The van der Waals surface area contributed by atoms with E-state index in [0.717, 1.165) is 13.1 Å². The molecule has 1 N–H and O–H groups in total. The fourth-order valence-corrected chi connectivity index (χ4v) is 3.54. The van der Waals surface area contributed by atoms with Gasteiger partial charge in [-0.3, -0.25) is 4.90 Å². The summed E-state index contributed by atoms with van der Waals surface area (Å²) in [6.45, 7) is 12.0. The van der Waals surface area contributed by atoms with Gasteiger partial charge in [-0.25, -0.2) is 8.42 Å². The minimum absolute atomic E-state index is 0.121. The molecule has 0 fully saturated rings. The minimum atomic E-state index is -3.19. The third kappa shape index (κ3) is 5.00. The number of nitrogens with one attached hydrogen (secondary N) is 1. The fraction of sp³-hybridized carbons (Fsp3) is 0.625. The monoisotopic (exact) mass is 312 g/mol. The van der Waals surface area contributed by atoms with Crippen LogP contribution in [-0.2, 0) is 9.84 Å². The van der Waals surface area contributed by atoms with Gasteiger partial charge in [0, 0.05) is 25.2 Å². The van der Waals surface area contributed by atoms with Crippen molar-refractivity contribution in [1.29, 1.82) is 0 Å². The van der Waals surface area contributed by atoms with Crippen LogP contribution in [0.2, 0.25) is 0 Å². The zero-order chi connectivity index (χ0) is 16.0. The van der Waals surface area contributed by atoms with Crippen LogP contribution >= 0.6 is 0 Å². The molecule has 0 saturated heterocycles. The summed E-state index contributed by atoms with van der Waals surface area (Å²) in [5.74, 6) is 0.121. The maximum Gasteiger partial charge on any atom is 0.180 e. The van der Waals surface area contributed by atoms with Crippen molar-refractivity contribution in [3.8, 4) is 0 Å². The zero-order valence-corrected chi connectivity index (χ0v) is 14.6. The van der Waals surface area contributed by atoms with Crippen molar-refractivity contribution in [3.63, 3.8) is 0 Å². The second-order valence-electron chi connectivity index (χ2n) is 5.75. The smallest absolute Gasteiger partial charge is 0.180 e. The Kier molecular flexibility index (Phi) is 6.68. The molecule has 0 radical (unpaired) electrons. The van der Waals surface area contributed by atoms with Crippen molar-refractivity contribution in [2.24, 2.45) is 0 Å². The molecule has 1 rings (SSSR count). The second-order valence-corrected chi connectivity index (χ2v) is 8.00. The van der Waals surface area contributed by atoms with E-state index in [2.05, 4.69) is 37.9 Å². The van der Waals surface area contributed by atoms with Crippen LogP contribution in [0.25, 0.3) is 0 Å². The number of benzene rings is 1. The van der Waals surface area contributed by atoms with Gasteiger partial charge in [0.05, 0.1) is 16.3 Å². The number of rotatable bonds is 8. The molecule has 1 aromatic rings. The highest BCUT2D eigenvalue weighted by molar-refractivity contribution is 7.91. The van der Waals surface area contributed by atoms with Crippen molar-refractivity contribution in [2.45, 2.75) is 51.6 Å². The molecule has 0 saturated carbocycles. The largest absolute Gasteiger partial charge is 0.383 e. The molecule has 0 aliphatic carbocycles. The molecule has 0 aliphatic heterocycles. The van der Waals surface area contributed by atoms with Crippen LogP contribution in [-0.4, -0.2) is 44.2 Å². The summed E-state index contributed by atoms with van der Waals surface area (Å²) in [5.41, 5.74) is 0.701. The zero-order valence-electron chi connectivity index (χ0n) is 13.8. The molecule has 0 heterocycles. The van der Waals surface area contributed by atoms with E-state index >= 15 is 0 Å². The summed E-state index contributed by atoms with van der Waals surface area (Å²) in [6, 6.07) is 8.08. The Hall–Kier alpha value is -1.07. The van der Waals surface area contributed by atoms with Gasteiger partial charge < -0.3 is 5.32 Å². The number of hydrogen-bond donors (Lipinski definition) is 1. The predicted molar refractivity (Wildman–Crippen MR) is 89.6 cm³/mol. The Morgan fingerprint density at radius 3 is 2.19 bits per heavy atom. The predicted octanol–water partition coefficient (Wildman–Crippen LogP) is 3.01. The molecule has 0 amide bonds. The number of anilines is 1. The van der Waals surface area contributed by atoms with Crippen LogP contribution < -0.4 is 5.32 Å². The molecule has 1 aromatic carbocycles. The number of sulfone groups is 1. The van der Waals surface area contributed by atoms with E-state index in [1.54, 1.807) is 19.1 Å². The van der Waals surface area contributed by atoms with Gasteiger partial charge in [0.15, 0.2) is 9.84 Å². The fourth-order valence-electron chi connectivity index (χ4n) is 2.47. The molecule has 4 nitrogen and oxygen atoms in total. The van der Waals surface area contributed by atoms with Gasteiger partial charge >= 0.3 is 0 Å². The standard InChI is InChI=1S/C16H28N2O2S/c1-6-21(19,20)16-10-8-7-9-15(16)17-11-12-18(13(2)3)14(4)5/h7-10,13-14,17H,6,11-12H2,1-5H3. The van der Waals surface area contributed by atoms with E-state index < -0.39 is 9.84 Å². The molecule has 0 aliphatic rings. The summed E-state index contributed by atoms with van der Waals surface area (Å²) in [4.78, 5) is 2.78. The first-order valence-corrected chi connectivity index (χ1v) is 9.26. The van der Waals surface area contributed by atoms with Crippen molar-refractivity contribution >= 4 is 15.5 Å². The molecule has 120 valence electrons. The molecule has 0 atom stereocenters. The molecule has 0 unspecified atom stereocenters. The maximum atomic E-state index is 12.1. The molecule has 0 bridgehead atoms. The van der Waals surface area contributed by atoms with Crippen LogP contribution in [0.3, 0.4) is 0 Å². The van der Waals surface area contributed by atoms with Crippen LogP contribution in [0, 0.1) is 0 Å². The molecular formula is C16H28N2O2S. The van der Waals surface area contributed by atoms with E-state index in [-0.39, 0.29) is 5.75 Å². The van der Waals surface area contributed by atoms with E-state index in [0.29, 0.717) is 22.7 Å². The Bertz CT molecular complexity index is 531. The Labute approximate surface area is 129 Å². The lowest BCUT2D eigenvalue weighted by molar-refractivity contribution is 0.182. The third-order valence-corrected chi connectivity index (χ3v) is 5.40. The molecule has 0 spiro atoms. The Balaban J connectivity index is 2.77. The second kappa shape index (κ2) is 7.80. The van der Waals surface area contributed by atoms with Gasteiger partial charge in [0.1, 0.15) is 0 Å². The van der Waals surface area contributed by atoms with Crippen LogP contribution in [0.5, 0.6) is 0 Å². The van der Waals surface area contributed by atoms with E-state index in [4.69, 9.17) is 0 Å². The highest BCUT2D eigenvalue weighted by atomic mass is 32.2. The quantitative estimate of drug-likeness (QED) is 0.801. The molecule has 5 heteroatoms. The highest BCUT2D eigenvalue weighted by Crippen LogP contribution is 2.21. The average Bonchev–Trinajstić information content (AvgIpc) is 2.43.